The number of nitrogens with zero attached hydrogens (tertiary/aromatic N) is 2. The number of carbonyl (C=O) groups excluding carboxylic acids is 1. The molecule has 1 amide bonds. The molecule has 98 valence electrons. The van der Waals surface area contributed by atoms with E-state index in [1.54, 1.807) is 30.1 Å². The summed E-state index contributed by atoms with van der Waals surface area (Å²) in [6, 6.07) is 6.70. The maximum absolute atomic E-state index is 12.5. The molecule has 0 spiro atoms. The number of hydrogen-bond donors (Lipinski definition) is 1. The Labute approximate surface area is 114 Å². The number of aromatic amines is 1. The van der Waals surface area contributed by atoms with Crippen molar-refractivity contribution < 1.29 is 4.79 Å². The van der Waals surface area contributed by atoms with Crippen LogP contribution >= 0.6 is 12.2 Å². The zero-order chi connectivity index (χ0) is 13.6. The Hall–Kier alpha value is -1.95. The van der Waals surface area contributed by atoms with Gasteiger partial charge in [0.05, 0.1) is 10.9 Å². The van der Waals surface area contributed by atoms with Crippen molar-refractivity contribution in [1.82, 2.24) is 14.5 Å². The highest BCUT2D eigenvalue weighted by Gasteiger charge is 2.32. The standard InChI is InChI=1S/C13H13N3O2S/c1-15-7-6-10(12(15)18)16-11(17)8-4-2-3-5-9(8)14-13(16)19/h2-5,10H,6-7H2,1H3,(H,14,19)/t10-/m1/s1. The van der Waals surface area contributed by atoms with Crippen LogP contribution < -0.4 is 5.56 Å². The molecule has 6 heteroatoms. The van der Waals surface area contributed by atoms with Gasteiger partial charge in [0, 0.05) is 13.6 Å². The van der Waals surface area contributed by atoms with Crippen LogP contribution in [0.3, 0.4) is 0 Å². The Morgan fingerprint density at radius 3 is 2.74 bits per heavy atom. The van der Waals surface area contributed by atoms with Crippen LogP contribution in [0.25, 0.3) is 10.9 Å². The molecule has 1 aliphatic rings. The molecule has 19 heavy (non-hydrogen) atoms. The molecule has 1 atom stereocenters. The second kappa shape index (κ2) is 4.31. The fraction of sp³-hybridized carbons (Fsp3) is 0.308. The minimum Gasteiger partial charge on any atom is -0.344 e. The van der Waals surface area contributed by atoms with E-state index in [0.717, 1.165) is 0 Å². The van der Waals surface area contributed by atoms with E-state index >= 15 is 0 Å². The summed E-state index contributed by atoms with van der Waals surface area (Å²) in [4.78, 5) is 29.2. The second-order valence-corrected chi connectivity index (χ2v) is 5.10. The molecule has 0 radical (unpaired) electrons. The van der Waals surface area contributed by atoms with Gasteiger partial charge in [0.2, 0.25) is 5.91 Å². The van der Waals surface area contributed by atoms with Gasteiger partial charge in [0.1, 0.15) is 6.04 Å². The Balaban J connectivity index is 2.28. The highest BCUT2D eigenvalue weighted by atomic mass is 32.1. The SMILES string of the molecule is CN1CC[C@@H](n2c(=S)[nH]c3ccccc3c2=O)C1=O. The number of H-pyrrole nitrogens is 1. The average molecular weight is 275 g/mol. The first-order chi connectivity index (χ1) is 9.09. The highest BCUT2D eigenvalue weighted by Crippen LogP contribution is 2.21. The summed E-state index contributed by atoms with van der Waals surface area (Å²) >= 11 is 5.23. The van der Waals surface area contributed by atoms with Crippen molar-refractivity contribution in [1.29, 1.82) is 0 Å². The largest absolute Gasteiger partial charge is 0.344 e. The van der Waals surface area contributed by atoms with Crippen LogP contribution in [0.2, 0.25) is 0 Å². The van der Waals surface area contributed by atoms with E-state index in [0.29, 0.717) is 28.6 Å². The molecular weight excluding hydrogens is 262 g/mol. The van der Waals surface area contributed by atoms with Crippen molar-refractivity contribution in [2.24, 2.45) is 0 Å². The van der Waals surface area contributed by atoms with Crippen LogP contribution in [0.1, 0.15) is 12.5 Å². The van der Waals surface area contributed by atoms with Gasteiger partial charge in [-0.15, -0.1) is 0 Å². The molecule has 2 heterocycles. The number of benzene rings is 1. The first-order valence-electron chi connectivity index (χ1n) is 6.08. The van der Waals surface area contributed by atoms with Crippen LogP contribution in [-0.2, 0) is 4.79 Å². The Kier molecular flexibility index (Phi) is 2.74. The monoisotopic (exact) mass is 275 g/mol. The molecule has 0 aliphatic carbocycles. The lowest BCUT2D eigenvalue weighted by molar-refractivity contribution is -0.129. The zero-order valence-corrected chi connectivity index (χ0v) is 11.2. The Morgan fingerprint density at radius 1 is 1.32 bits per heavy atom. The van der Waals surface area contributed by atoms with Gasteiger partial charge in [0.25, 0.3) is 5.56 Å². The molecule has 1 saturated heterocycles. The van der Waals surface area contributed by atoms with Gasteiger partial charge >= 0.3 is 0 Å². The number of nitrogens with one attached hydrogen (secondary N) is 1. The third kappa shape index (κ3) is 1.79. The lowest BCUT2D eigenvalue weighted by atomic mass is 10.2. The van der Waals surface area contributed by atoms with Crippen LogP contribution in [0, 0.1) is 4.77 Å². The maximum atomic E-state index is 12.5. The molecule has 1 aliphatic heterocycles. The minimum atomic E-state index is -0.481. The topological polar surface area (TPSA) is 58.1 Å². The molecule has 0 unspecified atom stereocenters. The van der Waals surface area contributed by atoms with E-state index in [1.165, 1.54) is 4.57 Å². The third-order valence-corrected chi connectivity index (χ3v) is 3.85. The molecule has 1 N–H and O–H groups in total. The maximum Gasteiger partial charge on any atom is 0.262 e. The normalized spacial score (nSPS) is 19.3. The van der Waals surface area contributed by atoms with Gasteiger partial charge in [-0.3, -0.25) is 14.2 Å². The Bertz CT molecular complexity index is 777. The summed E-state index contributed by atoms with van der Waals surface area (Å²) < 4.78 is 1.71. The molecule has 5 nitrogen and oxygen atoms in total. The smallest absolute Gasteiger partial charge is 0.262 e. The number of likely N-dealkylation sites (tertiary alicyclic amines) is 1. The van der Waals surface area contributed by atoms with Crippen molar-refractivity contribution >= 4 is 29.0 Å². The summed E-state index contributed by atoms with van der Waals surface area (Å²) in [6.45, 7) is 0.650. The molecule has 2 aromatic rings. The van der Waals surface area contributed by atoms with Crippen molar-refractivity contribution in [2.75, 3.05) is 13.6 Å². The third-order valence-electron chi connectivity index (χ3n) is 3.55. The van der Waals surface area contributed by atoms with E-state index in [9.17, 15) is 9.59 Å². The van der Waals surface area contributed by atoms with E-state index < -0.39 is 6.04 Å². The van der Waals surface area contributed by atoms with Gasteiger partial charge in [-0.2, -0.15) is 0 Å². The predicted octanol–water partition coefficient (Wildman–Crippen LogP) is 1.46. The van der Waals surface area contributed by atoms with E-state index in [-0.39, 0.29) is 11.5 Å². The molecule has 0 saturated carbocycles. The summed E-state index contributed by atoms with van der Waals surface area (Å²) in [5, 5.41) is 0.554. The van der Waals surface area contributed by atoms with Gasteiger partial charge in [-0.05, 0) is 30.8 Å². The number of hydrogen-bond acceptors (Lipinski definition) is 3. The second-order valence-electron chi connectivity index (χ2n) is 4.72. The number of amides is 1. The molecule has 1 aromatic heterocycles. The van der Waals surface area contributed by atoms with Crippen LogP contribution in [0.15, 0.2) is 29.1 Å². The molecule has 0 bridgehead atoms. The first kappa shape index (κ1) is 12.1. The summed E-state index contributed by atoms with van der Waals surface area (Å²) in [5.74, 6) is -0.0584. The number of likely N-dealkylation sites (N-methyl/N-ethyl adjacent to an activating group) is 1. The fourth-order valence-corrected chi connectivity index (χ4v) is 2.82. The van der Waals surface area contributed by atoms with Crippen LogP contribution in [0.4, 0.5) is 0 Å². The minimum absolute atomic E-state index is 0.0584. The lowest BCUT2D eigenvalue weighted by Gasteiger charge is -2.14. The number of para-hydroxylation sites is 1. The number of fused-ring (bicyclic) bond motifs is 1. The first-order valence-corrected chi connectivity index (χ1v) is 6.49. The Morgan fingerprint density at radius 2 is 2.05 bits per heavy atom. The van der Waals surface area contributed by atoms with Gasteiger partial charge in [-0.1, -0.05) is 12.1 Å². The van der Waals surface area contributed by atoms with Crippen molar-refractivity contribution in [2.45, 2.75) is 12.5 Å². The quantitative estimate of drug-likeness (QED) is 0.802. The summed E-state index contributed by atoms with van der Waals surface area (Å²) in [7, 11) is 1.74. The molecule has 3 rings (SSSR count). The molecule has 1 fully saturated rings. The van der Waals surface area contributed by atoms with E-state index in [1.807, 2.05) is 6.07 Å². The molecular formula is C13H13N3O2S. The van der Waals surface area contributed by atoms with Crippen LogP contribution in [0.5, 0.6) is 0 Å². The zero-order valence-electron chi connectivity index (χ0n) is 10.4. The molecule has 1 aromatic carbocycles. The highest BCUT2D eigenvalue weighted by molar-refractivity contribution is 7.71. The number of aromatic nitrogens is 2. The van der Waals surface area contributed by atoms with Crippen molar-refractivity contribution in [3.63, 3.8) is 0 Å². The van der Waals surface area contributed by atoms with Crippen molar-refractivity contribution in [3.05, 3.63) is 39.4 Å². The predicted molar refractivity (Wildman–Crippen MR) is 74.7 cm³/mol. The average Bonchev–Trinajstić information content (AvgIpc) is 2.71. The van der Waals surface area contributed by atoms with E-state index in [2.05, 4.69) is 4.98 Å². The van der Waals surface area contributed by atoms with Gasteiger partial charge in [-0.25, -0.2) is 0 Å². The lowest BCUT2D eigenvalue weighted by Crippen LogP contribution is -2.32. The van der Waals surface area contributed by atoms with Gasteiger partial charge < -0.3 is 9.88 Å². The van der Waals surface area contributed by atoms with E-state index in [4.69, 9.17) is 12.2 Å². The fourth-order valence-electron chi connectivity index (χ4n) is 2.50. The van der Waals surface area contributed by atoms with Crippen LogP contribution in [-0.4, -0.2) is 34.0 Å². The van der Waals surface area contributed by atoms with Crippen molar-refractivity contribution in [3.8, 4) is 0 Å². The summed E-state index contributed by atoms with van der Waals surface area (Å²) in [5.41, 5.74) is 0.501. The van der Waals surface area contributed by atoms with Gasteiger partial charge in [0.15, 0.2) is 4.77 Å². The number of carbonyl (C=O) groups is 1. The number of rotatable bonds is 1. The summed E-state index contributed by atoms with van der Waals surface area (Å²) in [6.07, 6.45) is 0.616.